The molecule has 1 aromatic heterocycles. The number of nitrogens with two attached hydrogens (primary N) is 1. The zero-order valence-electron chi connectivity index (χ0n) is 19.3. The van der Waals surface area contributed by atoms with Gasteiger partial charge in [0, 0.05) is 24.7 Å². The van der Waals surface area contributed by atoms with E-state index in [-0.39, 0.29) is 25.3 Å². The molecule has 11 heteroatoms. The topological polar surface area (TPSA) is 179 Å². The van der Waals surface area contributed by atoms with E-state index in [1.165, 1.54) is 12.5 Å². The molecule has 184 valence electrons. The number of imidazole rings is 1. The molecule has 3 amide bonds. The molecule has 3 unspecified atom stereocenters. The van der Waals surface area contributed by atoms with Crippen LogP contribution in [0.5, 0.6) is 0 Å². The molecule has 0 saturated carbocycles. The van der Waals surface area contributed by atoms with Crippen LogP contribution >= 0.6 is 0 Å². The van der Waals surface area contributed by atoms with Gasteiger partial charge in [0.15, 0.2) is 0 Å². The minimum atomic E-state index is -1.20. The Balaban J connectivity index is 2.19. The molecule has 2 aromatic rings. The number of carboxylic acid groups (broad SMARTS) is 1. The minimum Gasteiger partial charge on any atom is -0.480 e. The summed E-state index contributed by atoms with van der Waals surface area (Å²) in [7, 11) is 0. The van der Waals surface area contributed by atoms with Crippen molar-refractivity contribution < 1.29 is 24.3 Å². The number of rotatable bonds is 13. The predicted molar refractivity (Wildman–Crippen MR) is 124 cm³/mol. The Kier molecular flexibility index (Phi) is 10.2. The molecule has 2 rings (SSSR count). The zero-order chi connectivity index (χ0) is 25.1. The number of nitrogens with zero attached hydrogens (tertiary/aromatic N) is 1. The van der Waals surface area contributed by atoms with Gasteiger partial charge < -0.3 is 31.8 Å². The lowest BCUT2D eigenvalue weighted by molar-refractivity contribution is -0.142. The highest BCUT2D eigenvalue weighted by Gasteiger charge is 2.30. The van der Waals surface area contributed by atoms with E-state index in [1.807, 2.05) is 19.9 Å². The fourth-order valence-corrected chi connectivity index (χ4v) is 3.38. The molecule has 0 aliphatic carbocycles. The summed E-state index contributed by atoms with van der Waals surface area (Å²) in [5.41, 5.74) is 6.68. The van der Waals surface area contributed by atoms with Gasteiger partial charge in [0.05, 0.1) is 12.9 Å². The van der Waals surface area contributed by atoms with Gasteiger partial charge in [-0.05, 0) is 17.9 Å². The van der Waals surface area contributed by atoms with Gasteiger partial charge in [-0.25, -0.2) is 9.78 Å². The highest BCUT2D eigenvalue weighted by molar-refractivity contribution is 5.93. The van der Waals surface area contributed by atoms with Crippen LogP contribution in [0.4, 0.5) is 0 Å². The Bertz CT molecular complexity index is 948. The average molecular weight is 473 g/mol. The van der Waals surface area contributed by atoms with Crippen LogP contribution in [0, 0.1) is 5.92 Å². The maximum Gasteiger partial charge on any atom is 0.326 e. The van der Waals surface area contributed by atoms with Crippen LogP contribution in [0.2, 0.25) is 0 Å². The first kappa shape index (κ1) is 26.5. The fraction of sp³-hybridized carbons (Fsp3) is 0.435. The average Bonchev–Trinajstić information content (AvgIpc) is 3.31. The summed E-state index contributed by atoms with van der Waals surface area (Å²) >= 11 is 0. The Morgan fingerprint density at radius 3 is 2.18 bits per heavy atom. The summed E-state index contributed by atoms with van der Waals surface area (Å²) in [6.45, 7) is 3.51. The zero-order valence-corrected chi connectivity index (χ0v) is 19.3. The number of aromatic amines is 1. The van der Waals surface area contributed by atoms with Gasteiger partial charge in [0.1, 0.15) is 18.1 Å². The summed E-state index contributed by atoms with van der Waals surface area (Å²) in [5.74, 6) is -2.85. The van der Waals surface area contributed by atoms with E-state index >= 15 is 0 Å². The molecule has 0 aliphatic heterocycles. The van der Waals surface area contributed by atoms with Crippen LogP contribution in [0.3, 0.4) is 0 Å². The van der Waals surface area contributed by atoms with Gasteiger partial charge in [-0.1, -0.05) is 44.2 Å². The lowest BCUT2D eigenvalue weighted by Gasteiger charge is -2.25. The van der Waals surface area contributed by atoms with Crippen molar-refractivity contribution in [2.75, 3.05) is 6.54 Å². The third kappa shape index (κ3) is 8.66. The lowest BCUT2D eigenvalue weighted by atomic mass is 10.0. The number of carbonyl (C=O) groups excluding carboxylic acids is 3. The normalized spacial score (nSPS) is 13.5. The molecular weight excluding hydrogens is 440 g/mol. The molecule has 3 atom stereocenters. The minimum absolute atomic E-state index is 0.0501. The smallest absolute Gasteiger partial charge is 0.326 e. The molecule has 1 heterocycles. The Morgan fingerprint density at radius 1 is 0.971 bits per heavy atom. The third-order valence-electron chi connectivity index (χ3n) is 5.05. The van der Waals surface area contributed by atoms with Crippen molar-refractivity contribution in [2.24, 2.45) is 11.7 Å². The number of aromatic nitrogens is 2. The maximum absolute atomic E-state index is 13.1. The second-order valence-corrected chi connectivity index (χ2v) is 8.39. The molecule has 1 aromatic carbocycles. The van der Waals surface area contributed by atoms with E-state index in [4.69, 9.17) is 5.73 Å². The molecule has 0 fully saturated rings. The summed E-state index contributed by atoms with van der Waals surface area (Å²) in [4.78, 5) is 56.5. The van der Waals surface area contributed by atoms with E-state index in [0.29, 0.717) is 12.1 Å². The van der Waals surface area contributed by atoms with Crippen molar-refractivity contribution in [1.29, 1.82) is 0 Å². The second-order valence-electron chi connectivity index (χ2n) is 8.39. The number of hydrogen-bond acceptors (Lipinski definition) is 6. The van der Waals surface area contributed by atoms with Gasteiger partial charge in [0.2, 0.25) is 17.7 Å². The third-order valence-corrected chi connectivity index (χ3v) is 5.05. The number of hydrogen-bond donors (Lipinski definition) is 6. The standard InChI is InChI=1S/C23H32N6O5/c1-14(2)8-17(27-20(30)11-24)21(31)28-18(10-16-12-25-13-26-16)22(32)29-19(23(33)34)9-15-6-4-3-5-7-15/h3-7,12-14,17-19H,8-11,24H2,1-2H3,(H,25,26)(H,27,30)(H,28,31)(H,29,32)(H,33,34). The Hall–Kier alpha value is -3.73. The molecule has 0 spiro atoms. The van der Waals surface area contributed by atoms with Crippen LogP contribution in [-0.4, -0.2) is 63.4 Å². The summed E-state index contributed by atoms with van der Waals surface area (Å²) in [6, 6.07) is 5.71. The number of aliphatic carboxylic acids is 1. The Labute approximate surface area is 197 Å². The van der Waals surface area contributed by atoms with E-state index in [1.54, 1.807) is 24.3 Å². The first-order valence-electron chi connectivity index (χ1n) is 11.0. The molecule has 11 nitrogen and oxygen atoms in total. The van der Waals surface area contributed by atoms with Gasteiger partial charge in [0.25, 0.3) is 0 Å². The lowest BCUT2D eigenvalue weighted by Crippen LogP contribution is -2.57. The highest BCUT2D eigenvalue weighted by atomic mass is 16.4. The van der Waals surface area contributed by atoms with Gasteiger partial charge in [-0.2, -0.15) is 0 Å². The van der Waals surface area contributed by atoms with Crippen molar-refractivity contribution in [3.63, 3.8) is 0 Å². The second kappa shape index (κ2) is 13.1. The maximum atomic E-state index is 13.1. The molecule has 0 radical (unpaired) electrons. The molecule has 0 bridgehead atoms. The number of nitrogens with one attached hydrogen (secondary N) is 4. The fourth-order valence-electron chi connectivity index (χ4n) is 3.38. The number of carbonyl (C=O) groups is 4. The van der Waals surface area contributed by atoms with E-state index in [9.17, 15) is 24.3 Å². The molecule has 34 heavy (non-hydrogen) atoms. The number of carboxylic acids is 1. The van der Waals surface area contributed by atoms with Crippen LogP contribution in [0.1, 0.15) is 31.5 Å². The molecule has 0 saturated heterocycles. The van der Waals surface area contributed by atoms with Gasteiger partial charge in [-0.3, -0.25) is 14.4 Å². The SMILES string of the molecule is CC(C)CC(NC(=O)CN)C(=O)NC(Cc1cnc[nH]1)C(=O)NC(Cc1ccccc1)C(=O)O. The van der Waals surface area contributed by atoms with Crippen molar-refractivity contribution in [1.82, 2.24) is 25.9 Å². The predicted octanol–water partition coefficient (Wildman–Crippen LogP) is -0.261. The quantitative estimate of drug-likeness (QED) is 0.232. The first-order chi connectivity index (χ1) is 16.2. The van der Waals surface area contributed by atoms with Crippen molar-refractivity contribution in [3.05, 3.63) is 54.1 Å². The van der Waals surface area contributed by atoms with E-state index < -0.39 is 41.8 Å². The molecular formula is C23H32N6O5. The van der Waals surface area contributed by atoms with Gasteiger partial charge in [-0.15, -0.1) is 0 Å². The van der Waals surface area contributed by atoms with Crippen LogP contribution < -0.4 is 21.7 Å². The first-order valence-corrected chi connectivity index (χ1v) is 11.0. The van der Waals surface area contributed by atoms with Crippen molar-refractivity contribution in [3.8, 4) is 0 Å². The molecule has 7 N–H and O–H groups in total. The monoisotopic (exact) mass is 472 g/mol. The van der Waals surface area contributed by atoms with E-state index in [0.717, 1.165) is 5.56 Å². The molecule has 0 aliphatic rings. The number of amides is 3. The van der Waals surface area contributed by atoms with E-state index in [2.05, 4.69) is 25.9 Å². The van der Waals surface area contributed by atoms with Crippen molar-refractivity contribution >= 4 is 23.7 Å². The van der Waals surface area contributed by atoms with Gasteiger partial charge >= 0.3 is 5.97 Å². The summed E-state index contributed by atoms with van der Waals surface area (Å²) in [6.07, 6.45) is 3.41. The number of benzene rings is 1. The van der Waals surface area contributed by atoms with Crippen LogP contribution in [0.25, 0.3) is 0 Å². The highest BCUT2D eigenvalue weighted by Crippen LogP contribution is 2.08. The number of H-pyrrole nitrogens is 1. The Morgan fingerprint density at radius 2 is 1.62 bits per heavy atom. The van der Waals surface area contributed by atoms with Crippen LogP contribution in [0.15, 0.2) is 42.9 Å². The largest absolute Gasteiger partial charge is 0.480 e. The van der Waals surface area contributed by atoms with Crippen LogP contribution in [-0.2, 0) is 32.0 Å². The summed E-state index contributed by atoms with van der Waals surface area (Å²) in [5, 5.41) is 17.4. The van der Waals surface area contributed by atoms with Crippen molar-refractivity contribution in [2.45, 2.75) is 51.2 Å². The summed E-state index contributed by atoms with van der Waals surface area (Å²) < 4.78 is 0.